The van der Waals surface area contributed by atoms with Gasteiger partial charge in [0.2, 0.25) is 0 Å². The predicted octanol–water partition coefficient (Wildman–Crippen LogP) is 0.451. The van der Waals surface area contributed by atoms with Gasteiger partial charge in [-0.1, -0.05) is 6.07 Å². The maximum Gasteiger partial charge on any atom is 0.254 e. The maximum absolute atomic E-state index is 12.3. The molecule has 0 aromatic heterocycles. The first-order valence-corrected chi connectivity index (χ1v) is 6.54. The molecule has 104 valence electrons. The van der Waals surface area contributed by atoms with Gasteiger partial charge in [0.05, 0.1) is 6.61 Å². The third-order valence-corrected chi connectivity index (χ3v) is 3.53. The summed E-state index contributed by atoms with van der Waals surface area (Å²) in [5.74, 6) is 0.115. The van der Waals surface area contributed by atoms with Crippen molar-refractivity contribution < 1.29 is 15.0 Å². The third kappa shape index (κ3) is 3.24. The van der Waals surface area contributed by atoms with E-state index in [0.29, 0.717) is 25.2 Å². The number of amides is 1. The van der Waals surface area contributed by atoms with Crippen molar-refractivity contribution in [1.29, 1.82) is 0 Å². The molecule has 0 radical (unpaired) electrons. The topological polar surface area (TPSA) is 64.0 Å². The second-order valence-corrected chi connectivity index (χ2v) is 4.86. The van der Waals surface area contributed by atoms with Crippen LogP contribution in [-0.4, -0.2) is 65.3 Å². The molecule has 1 heterocycles. The number of rotatable bonds is 3. The van der Waals surface area contributed by atoms with Gasteiger partial charge in [0.15, 0.2) is 0 Å². The molecule has 0 unspecified atom stereocenters. The zero-order valence-corrected chi connectivity index (χ0v) is 11.2. The molecule has 19 heavy (non-hydrogen) atoms. The minimum Gasteiger partial charge on any atom is -0.508 e. The number of aryl methyl sites for hydroxylation is 1. The summed E-state index contributed by atoms with van der Waals surface area (Å²) in [6, 6.07) is 5.03. The summed E-state index contributed by atoms with van der Waals surface area (Å²) in [4.78, 5) is 16.2. The summed E-state index contributed by atoms with van der Waals surface area (Å²) in [6.07, 6.45) is 0. The normalized spacial score (nSPS) is 16.6. The summed E-state index contributed by atoms with van der Waals surface area (Å²) in [5.41, 5.74) is 1.29. The molecule has 0 bridgehead atoms. The van der Waals surface area contributed by atoms with Crippen LogP contribution in [0.4, 0.5) is 0 Å². The lowest BCUT2D eigenvalue weighted by Gasteiger charge is -2.34. The molecule has 0 saturated carbocycles. The van der Waals surface area contributed by atoms with E-state index >= 15 is 0 Å². The quantitative estimate of drug-likeness (QED) is 0.832. The lowest BCUT2D eigenvalue weighted by molar-refractivity contribution is 0.0614. The van der Waals surface area contributed by atoms with E-state index in [-0.39, 0.29) is 18.3 Å². The zero-order chi connectivity index (χ0) is 13.8. The number of aliphatic hydroxyl groups excluding tert-OH is 1. The van der Waals surface area contributed by atoms with Crippen LogP contribution in [0.2, 0.25) is 0 Å². The lowest BCUT2D eigenvalue weighted by atomic mass is 10.1. The fourth-order valence-electron chi connectivity index (χ4n) is 2.24. The molecule has 5 heteroatoms. The van der Waals surface area contributed by atoms with Crippen LogP contribution in [0.25, 0.3) is 0 Å². The van der Waals surface area contributed by atoms with E-state index in [1.54, 1.807) is 24.0 Å². The van der Waals surface area contributed by atoms with Gasteiger partial charge in [-0.3, -0.25) is 9.69 Å². The van der Waals surface area contributed by atoms with Gasteiger partial charge in [-0.25, -0.2) is 0 Å². The van der Waals surface area contributed by atoms with Gasteiger partial charge in [-0.2, -0.15) is 0 Å². The highest BCUT2D eigenvalue weighted by Gasteiger charge is 2.22. The Kier molecular flexibility index (Phi) is 4.39. The molecule has 1 aromatic carbocycles. The van der Waals surface area contributed by atoms with Crippen molar-refractivity contribution in [3.8, 4) is 5.75 Å². The van der Waals surface area contributed by atoms with Gasteiger partial charge in [0, 0.05) is 38.3 Å². The number of carbonyl (C=O) groups excluding carboxylic acids is 1. The fourth-order valence-corrected chi connectivity index (χ4v) is 2.24. The molecule has 0 aliphatic carbocycles. The second-order valence-electron chi connectivity index (χ2n) is 4.86. The molecular weight excluding hydrogens is 244 g/mol. The van der Waals surface area contributed by atoms with Gasteiger partial charge >= 0.3 is 0 Å². The van der Waals surface area contributed by atoms with E-state index in [4.69, 9.17) is 5.11 Å². The van der Waals surface area contributed by atoms with Gasteiger partial charge < -0.3 is 15.1 Å². The van der Waals surface area contributed by atoms with Crippen LogP contribution >= 0.6 is 0 Å². The molecule has 5 nitrogen and oxygen atoms in total. The SMILES string of the molecule is Cc1ccc(C(=O)N2CCN(CCO)CC2)cc1O. The van der Waals surface area contributed by atoms with Crippen molar-refractivity contribution in [2.75, 3.05) is 39.3 Å². The Balaban J connectivity index is 1.99. The number of aromatic hydroxyl groups is 1. The first-order valence-electron chi connectivity index (χ1n) is 6.54. The van der Waals surface area contributed by atoms with Gasteiger partial charge in [0.1, 0.15) is 5.75 Å². The number of nitrogens with zero attached hydrogens (tertiary/aromatic N) is 2. The monoisotopic (exact) mass is 264 g/mol. The molecule has 1 amide bonds. The highest BCUT2D eigenvalue weighted by molar-refractivity contribution is 5.94. The van der Waals surface area contributed by atoms with E-state index in [1.165, 1.54) is 6.07 Å². The summed E-state index contributed by atoms with van der Waals surface area (Å²) < 4.78 is 0. The number of phenolic OH excluding ortho intramolecular Hbond substituents is 1. The minimum absolute atomic E-state index is 0.0426. The average molecular weight is 264 g/mol. The van der Waals surface area contributed by atoms with Crippen molar-refractivity contribution in [1.82, 2.24) is 9.80 Å². The molecule has 1 aliphatic heterocycles. The molecule has 2 rings (SSSR count). The predicted molar refractivity (Wildman–Crippen MR) is 72.3 cm³/mol. The van der Waals surface area contributed by atoms with Crippen molar-refractivity contribution >= 4 is 5.91 Å². The van der Waals surface area contributed by atoms with E-state index in [2.05, 4.69) is 4.90 Å². The summed E-state index contributed by atoms with van der Waals surface area (Å²) >= 11 is 0. The van der Waals surface area contributed by atoms with Crippen LogP contribution in [0.5, 0.6) is 5.75 Å². The number of hydrogen-bond donors (Lipinski definition) is 2. The summed E-state index contributed by atoms with van der Waals surface area (Å²) in [6.45, 7) is 5.50. The maximum atomic E-state index is 12.3. The lowest BCUT2D eigenvalue weighted by Crippen LogP contribution is -2.49. The first-order chi connectivity index (χ1) is 9.11. The Morgan fingerprint density at radius 3 is 2.53 bits per heavy atom. The Hall–Kier alpha value is -1.59. The van der Waals surface area contributed by atoms with Crippen LogP contribution in [-0.2, 0) is 0 Å². The summed E-state index contributed by atoms with van der Waals surface area (Å²) in [7, 11) is 0. The highest BCUT2D eigenvalue weighted by Crippen LogP contribution is 2.19. The Labute approximate surface area is 113 Å². The van der Waals surface area contributed by atoms with Gasteiger partial charge in [0.25, 0.3) is 5.91 Å². The van der Waals surface area contributed by atoms with E-state index in [9.17, 15) is 9.90 Å². The minimum atomic E-state index is -0.0426. The number of β-amino-alcohol motifs (C(OH)–C–C–N with tert-alkyl or cyclic N) is 1. The van der Waals surface area contributed by atoms with Crippen LogP contribution < -0.4 is 0 Å². The third-order valence-electron chi connectivity index (χ3n) is 3.53. The van der Waals surface area contributed by atoms with Crippen molar-refractivity contribution in [2.24, 2.45) is 0 Å². The van der Waals surface area contributed by atoms with Crippen LogP contribution in [0.1, 0.15) is 15.9 Å². The number of aliphatic hydroxyl groups is 1. The van der Waals surface area contributed by atoms with Crippen molar-refractivity contribution in [3.05, 3.63) is 29.3 Å². The van der Waals surface area contributed by atoms with E-state index < -0.39 is 0 Å². The summed E-state index contributed by atoms with van der Waals surface area (Å²) in [5, 5.41) is 18.5. The van der Waals surface area contributed by atoms with Crippen LogP contribution in [0.15, 0.2) is 18.2 Å². The highest BCUT2D eigenvalue weighted by atomic mass is 16.3. The number of piperazine rings is 1. The first kappa shape index (κ1) is 13.8. The Bertz CT molecular complexity index is 454. The largest absolute Gasteiger partial charge is 0.508 e. The number of hydrogen-bond acceptors (Lipinski definition) is 4. The molecule has 0 atom stereocenters. The molecule has 0 spiro atoms. The van der Waals surface area contributed by atoms with Crippen LogP contribution in [0.3, 0.4) is 0 Å². The van der Waals surface area contributed by atoms with E-state index in [1.807, 2.05) is 0 Å². The molecule has 2 N–H and O–H groups in total. The second kappa shape index (κ2) is 6.04. The molecular formula is C14H20N2O3. The Morgan fingerprint density at radius 2 is 1.95 bits per heavy atom. The fraction of sp³-hybridized carbons (Fsp3) is 0.500. The van der Waals surface area contributed by atoms with Crippen molar-refractivity contribution in [2.45, 2.75) is 6.92 Å². The number of phenols is 1. The number of benzene rings is 1. The molecule has 1 aliphatic rings. The molecule has 1 aromatic rings. The van der Waals surface area contributed by atoms with E-state index in [0.717, 1.165) is 18.7 Å². The van der Waals surface area contributed by atoms with Gasteiger partial charge in [-0.15, -0.1) is 0 Å². The van der Waals surface area contributed by atoms with Gasteiger partial charge in [-0.05, 0) is 24.6 Å². The number of carbonyl (C=O) groups is 1. The standard InChI is InChI=1S/C14H20N2O3/c1-11-2-3-12(10-13(11)18)14(19)16-6-4-15(5-7-16)8-9-17/h2-3,10,17-18H,4-9H2,1H3. The van der Waals surface area contributed by atoms with Crippen molar-refractivity contribution in [3.63, 3.8) is 0 Å². The smallest absolute Gasteiger partial charge is 0.254 e. The Morgan fingerprint density at radius 1 is 1.26 bits per heavy atom. The zero-order valence-electron chi connectivity index (χ0n) is 11.2. The molecule has 1 fully saturated rings. The average Bonchev–Trinajstić information content (AvgIpc) is 2.42. The van der Waals surface area contributed by atoms with Crippen LogP contribution in [0, 0.1) is 6.92 Å². The molecule has 1 saturated heterocycles.